The van der Waals surface area contributed by atoms with Crippen LogP contribution in [0.2, 0.25) is 0 Å². The molecule has 0 amide bonds. The van der Waals surface area contributed by atoms with Gasteiger partial charge in [-0.1, -0.05) is 72.8 Å². The molecule has 0 saturated heterocycles. The quantitative estimate of drug-likeness (QED) is 0.243. The SMILES string of the molecule is CCOc1ccc(N(C)c2ccc(/C(=C3/C(c4ccccc4)=[N+](C)c4ccccc43)c3ccccc3)cc2)cc1.[Cl-]. The van der Waals surface area contributed by atoms with Gasteiger partial charge in [-0.2, -0.15) is 4.58 Å². The minimum atomic E-state index is 0. The van der Waals surface area contributed by atoms with Gasteiger partial charge in [-0.25, -0.2) is 0 Å². The van der Waals surface area contributed by atoms with E-state index >= 15 is 0 Å². The van der Waals surface area contributed by atoms with E-state index in [1.54, 1.807) is 0 Å². The van der Waals surface area contributed by atoms with Crippen molar-refractivity contribution in [3.63, 3.8) is 0 Å². The third-order valence-corrected chi connectivity index (χ3v) is 7.54. The molecule has 0 aliphatic carbocycles. The highest BCUT2D eigenvalue weighted by Gasteiger charge is 2.36. The minimum Gasteiger partial charge on any atom is -1.00 e. The van der Waals surface area contributed by atoms with Crippen molar-refractivity contribution in [2.45, 2.75) is 6.92 Å². The fourth-order valence-corrected chi connectivity index (χ4v) is 5.57. The van der Waals surface area contributed by atoms with Crippen molar-refractivity contribution >= 4 is 33.9 Å². The fourth-order valence-electron chi connectivity index (χ4n) is 5.57. The van der Waals surface area contributed by atoms with E-state index < -0.39 is 0 Å². The van der Waals surface area contributed by atoms with Crippen LogP contribution in [0.5, 0.6) is 5.75 Å². The zero-order valence-corrected chi connectivity index (χ0v) is 24.3. The molecule has 0 atom stereocenters. The maximum atomic E-state index is 5.62. The molecule has 0 unspecified atom stereocenters. The molecule has 0 N–H and O–H groups in total. The molecular formula is C37H33ClN2O. The average Bonchev–Trinajstić information content (AvgIpc) is 3.30. The van der Waals surface area contributed by atoms with Crippen molar-refractivity contribution in [3.05, 3.63) is 156 Å². The molecule has 0 fully saturated rings. The Morgan fingerprint density at radius 1 is 0.659 bits per heavy atom. The van der Waals surface area contributed by atoms with Gasteiger partial charge in [0.1, 0.15) is 12.8 Å². The number of anilines is 2. The predicted molar refractivity (Wildman–Crippen MR) is 167 cm³/mol. The Hall–Kier alpha value is -4.60. The number of hydrogen-bond acceptors (Lipinski definition) is 2. The molecule has 204 valence electrons. The van der Waals surface area contributed by atoms with E-state index in [0.717, 1.165) is 17.1 Å². The van der Waals surface area contributed by atoms with Crippen LogP contribution < -0.4 is 22.0 Å². The summed E-state index contributed by atoms with van der Waals surface area (Å²) in [7, 11) is 4.27. The molecule has 1 aliphatic heterocycles. The highest BCUT2D eigenvalue weighted by Crippen LogP contribution is 2.43. The van der Waals surface area contributed by atoms with Crippen molar-refractivity contribution in [2.75, 3.05) is 25.6 Å². The van der Waals surface area contributed by atoms with Gasteiger partial charge in [-0.3, -0.25) is 0 Å². The second-order valence-electron chi connectivity index (χ2n) is 9.94. The van der Waals surface area contributed by atoms with Crippen LogP contribution in [-0.4, -0.2) is 31.0 Å². The summed E-state index contributed by atoms with van der Waals surface area (Å²) in [5.41, 5.74) is 12.0. The Morgan fingerprint density at radius 3 is 1.83 bits per heavy atom. The summed E-state index contributed by atoms with van der Waals surface area (Å²) in [5, 5.41) is 0. The standard InChI is InChI=1S/C37H33N2O.ClH/c1-4-40-32-25-23-31(24-26-32)38(2)30-21-19-28(20-22-30)35(27-13-7-5-8-14-27)36-33-17-11-12-18-34(33)39(3)37(36)29-15-9-6-10-16-29;/h5-26H,4H2,1-3H3;1H/q+1;/p-1. The number of halogens is 1. The van der Waals surface area contributed by atoms with E-state index in [-0.39, 0.29) is 12.4 Å². The van der Waals surface area contributed by atoms with Crippen LogP contribution in [0, 0.1) is 0 Å². The molecule has 5 aromatic carbocycles. The first-order valence-electron chi connectivity index (χ1n) is 13.8. The second-order valence-corrected chi connectivity index (χ2v) is 9.94. The number of para-hydroxylation sites is 1. The van der Waals surface area contributed by atoms with Gasteiger partial charge < -0.3 is 22.0 Å². The molecule has 1 heterocycles. The summed E-state index contributed by atoms with van der Waals surface area (Å²) < 4.78 is 7.95. The number of nitrogens with zero attached hydrogens (tertiary/aromatic N) is 2. The monoisotopic (exact) mass is 556 g/mol. The lowest BCUT2D eigenvalue weighted by molar-refractivity contribution is -0.400. The van der Waals surface area contributed by atoms with E-state index in [2.05, 4.69) is 145 Å². The number of benzene rings is 5. The summed E-state index contributed by atoms with van der Waals surface area (Å²) >= 11 is 0. The predicted octanol–water partition coefficient (Wildman–Crippen LogP) is 5.59. The topological polar surface area (TPSA) is 15.5 Å². The molecule has 5 aromatic rings. The number of ether oxygens (including phenoxy) is 1. The van der Waals surface area contributed by atoms with E-state index in [4.69, 9.17) is 4.74 Å². The van der Waals surface area contributed by atoms with E-state index in [1.807, 2.05) is 19.1 Å². The second kappa shape index (κ2) is 12.3. The average molecular weight is 557 g/mol. The lowest BCUT2D eigenvalue weighted by atomic mass is 9.86. The Labute approximate surface area is 249 Å². The zero-order valence-electron chi connectivity index (χ0n) is 23.6. The van der Waals surface area contributed by atoms with Crippen LogP contribution in [0.4, 0.5) is 17.1 Å². The van der Waals surface area contributed by atoms with Gasteiger partial charge in [0.05, 0.1) is 17.7 Å². The molecule has 0 radical (unpaired) electrons. The first-order valence-corrected chi connectivity index (χ1v) is 13.8. The van der Waals surface area contributed by atoms with Crippen molar-refractivity contribution in [1.82, 2.24) is 0 Å². The summed E-state index contributed by atoms with van der Waals surface area (Å²) in [5.74, 6) is 0.890. The molecule has 1 aliphatic rings. The van der Waals surface area contributed by atoms with Gasteiger partial charge in [0, 0.05) is 35.6 Å². The van der Waals surface area contributed by atoms with Gasteiger partial charge in [0.2, 0.25) is 11.4 Å². The molecular weight excluding hydrogens is 524 g/mol. The molecule has 0 saturated carbocycles. The number of allylic oxidation sites excluding steroid dienone is 1. The van der Waals surface area contributed by atoms with Crippen LogP contribution in [0.25, 0.3) is 11.1 Å². The third kappa shape index (κ3) is 5.41. The van der Waals surface area contributed by atoms with Crippen molar-refractivity contribution < 1.29 is 21.7 Å². The molecule has 0 aromatic heterocycles. The molecule has 4 heteroatoms. The normalized spacial score (nSPS) is 13.3. The zero-order chi connectivity index (χ0) is 27.5. The Morgan fingerprint density at radius 2 is 1.20 bits per heavy atom. The van der Waals surface area contributed by atoms with Crippen molar-refractivity contribution in [2.24, 2.45) is 0 Å². The Kier molecular flexibility index (Phi) is 8.37. The molecule has 3 nitrogen and oxygen atoms in total. The number of rotatable bonds is 7. The molecule has 0 spiro atoms. The molecule has 0 bridgehead atoms. The Balaban J connectivity index is 0.00000337. The van der Waals surface area contributed by atoms with Gasteiger partial charge in [-0.15, -0.1) is 0 Å². The first kappa shape index (κ1) is 27.9. The summed E-state index contributed by atoms with van der Waals surface area (Å²) in [6.45, 7) is 2.67. The maximum absolute atomic E-state index is 5.62. The highest BCUT2D eigenvalue weighted by molar-refractivity contribution is 6.38. The van der Waals surface area contributed by atoms with Crippen molar-refractivity contribution in [3.8, 4) is 5.75 Å². The lowest BCUT2D eigenvalue weighted by Gasteiger charge is -2.21. The number of fused-ring (bicyclic) bond motifs is 1. The summed E-state index contributed by atoms with van der Waals surface area (Å²) in [6, 6.07) is 47.3. The summed E-state index contributed by atoms with van der Waals surface area (Å²) in [6.07, 6.45) is 0. The third-order valence-electron chi connectivity index (χ3n) is 7.54. The largest absolute Gasteiger partial charge is 1.00 e. The number of hydrogen-bond donors (Lipinski definition) is 0. The van der Waals surface area contributed by atoms with E-state index in [1.165, 1.54) is 44.8 Å². The van der Waals surface area contributed by atoms with Crippen LogP contribution >= 0.6 is 0 Å². The smallest absolute Gasteiger partial charge is 0.221 e. The highest BCUT2D eigenvalue weighted by atomic mass is 35.5. The van der Waals surface area contributed by atoms with Gasteiger partial charge in [0.15, 0.2) is 0 Å². The minimum absolute atomic E-state index is 0. The van der Waals surface area contributed by atoms with E-state index in [9.17, 15) is 0 Å². The van der Waals surface area contributed by atoms with Crippen LogP contribution in [0.1, 0.15) is 29.2 Å². The molecule has 6 rings (SSSR count). The van der Waals surface area contributed by atoms with Gasteiger partial charge in [-0.05, 0) is 72.6 Å². The van der Waals surface area contributed by atoms with Gasteiger partial charge in [0.25, 0.3) is 0 Å². The summed E-state index contributed by atoms with van der Waals surface area (Å²) in [4.78, 5) is 2.20. The van der Waals surface area contributed by atoms with Crippen molar-refractivity contribution in [1.29, 1.82) is 0 Å². The maximum Gasteiger partial charge on any atom is 0.221 e. The van der Waals surface area contributed by atoms with Crippen LogP contribution in [-0.2, 0) is 0 Å². The Bertz CT molecular complexity index is 1690. The van der Waals surface area contributed by atoms with E-state index in [0.29, 0.717) is 6.61 Å². The van der Waals surface area contributed by atoms with Gasteiger partial charge >= 0.3 is 0 Å². The molecule has 41 heavy (non-hydrogen) atoms. The van der Waals surface area contributed by atoms with Crippen LogP contribution in [0.15, 0.2) is 133 Å². The first-order chi connectivity index (χ1) is 19.7. The lowest BCUT2D eigenvalue weighted by Crippen LogP contribution is -3.00. The fraction of sp³-hybridized carbons (Fsp3) is 0.108. The van der Waals surface area contributed by atoms with Crippen LogP contribution in [0.3, 0.4) is 0 Å².